The fourth-order valence-electron chi connectivity index (χ4n) is 3.88. The minimum Gasteiger partial charge on any atom is -0.305 e. The molecule has 0 spiro atoms. The van der Waals surface area contributed by atoms with Gasteiger partial charge in [0.15, 0.2) is 11.6 Å². The molecule has 0 aliphatic carbocycles. The van der Waals surface area contributed by atoms with Gasteiger partial charge in [-0.05, 0) is 29.7 Å². The van der Waals surface area contributed by atoms with Gasteiger partial charge in [-0.15, -0.1) is 0 Å². The first kappa shape index (κ1) is 19.6. The van der Waals surface area contributed by atoms with E-state index in [1.807, 2.05) is 78.9 Å². The molecule has 148 valence electrons. The van der Waals surface area contributed by atoms with Crippen molar-refractivity contribution in [3.05, 3.63) is 101 Å². The van der Waals surface area contributed by atoms with Crippen molar-refractivity contribution < 1.29 is 4.79 Å². The number of benzene rings is 3. The number of aromatic nitrogens is 3. The van der Waals surface area contributed by atoms with Crippen LogP contribution in [0.4, 0.5) is 0 Å². The topological polar surface area (TPSA) is 55.7 Å². The number of halogens is 1. The molecule has 1 aromatic heterocycles. The van der Waals surface area contributed by atoms with E-state index in [1.165, 1.54) is 0 Å². The molecule has 6 heteroatoms. The quantitative estimate of drug-likeness (QED) is 0.341. The van der Waals surface area contributed by atoms with E-state index in [9.17, 15) is 4.79 Å². The monoisotopic (exact) mass is 465 g/mol. The summed E-state index contributed by atoms with van der Waals surface area (Å²) in [7, 11) is 0. The first-order chi connectivity index (χ1) is 15.1. The van der Waals surface area contributed by atoms with Gasteiger partial charge in [-0.1, -0.05) is 94.7 Å². The van der Waals surface area contributed by atoms with E-state index >= 15 is 0 Å². The van der Waals surface area contributed by atoms with E-state index in [2.05, 4.69) is 22.5 Å². The number of fused-ring (bicyclic) bond motifs is 1. The largest absolute Gasteiger partial charge is 0.341 e. The second-order valence-corrected chi connectivity index (χ2v) is 8.41. The lowest BCUT2D eigenvalue weighted by molar-refractivity contribution is -0.109. The normalized spacial score (nSPS) is 13.3. The number of carbonyl (C=O) groups excluding carboxylic acids is 1. The third kappa shape index (κ3) is 3.75. The highest BCUT2D eigenvalue weighted by Gasteiger charge is 2.38. The van der Waals surface area contributed by atoms with Crippen LogP contribution < -0.4 is 11.2 Å². The van der Waals surface area contributed by atoms with Gasteiger partial charge in [0.05, 0.1) is 0 Å². The fraction of sp³-hybridized carbons (Fsp3) is 0.0400. The van der Waals surface area contributed by atoms with Gasteiger partial charge in [0.2, 0.25) is 0 Å². The lowest BCUT2D eigenvalue weighted by Crippen LogP contribution is -2.56. The number of nitrogens with zero attached hydrogens (tertiary/aromatic N) is 3. The zero-order valence-electron chi connectivity index (χ0n) is 16.6. The molecule has 0 bridgehead atoms. The molecule has 2 heterocycles. The summed E-state index contributed by atoms with van der Waals surface area (Å²) in [5, 5.41) is 0. The van der Waals surface area contributed by atoms with Gasteiger partial charge in [-0.25, -0.2) is 15.0 Å². The Labute approximate surface area is 189 Å². The molecule has 0 amide bonds. The van der Waals surface area contributed by atoms with Gasteiger partial charge in [-0.3, -0.25) is 0 Å². The van der Waals surface area contributed by atoms with Crippen LogP contribution in [0.25, 0.3) is 22.8 Å². The van der Waals surface area contributed by atoms with Gasteiger partial charge in [-0.2, -0.15) is 0 Å². The predicted molar refractivity (Wildman–Crippen MR) is 128 cm³/mol. The fourth-order valence-corrected chi connectivity index (χ4v) is 4.29. The van der Waals surface area contributed by atoms with Crippen molar-refractivity contribution in [2.75, 3.05) is 0 Å². The summed E-state index contributed by atoms with van der Waals surface area (Å²) in [6.45, 7) is 3.42. The van der Waals surface area contributed by atoms with Crippen LogP contribution in [0.15, 0.2) is 95.5 Å². The number of carbonyl (C=O) groups is 1. The molecule has 31 heavy (non-hydrogen) atoms. The Hall–Kier alpha value is -3.38. The van der Waals surface area contributed by atoms with Crippen molar-refractivity contribution >= 4 is 39.5 Å². The molecule has 0 radical (unpaired) electrons. The maximum Gasteiger partial charge on any atom is 0.341 e. The molecule has 1 aliphatic heterocycles. The first-order valence-electron chi connectivity index (χ1n) is 9.97. The van der Waals surface area contributed by atoms with Crippen molar-refractivity contribution in [2.24, 2.45) is 0 Å². The van der Waals surface area contributed by atoms with Gasteiger partial charge in [0.25, 0.3) is 0 Å². The zero-order valence-corrected chi connectivity index (χ0v) is 18.2. The van der Waals surface area contributed by atoms with Crippen molar-refractivity contribution in [3.63, 3.8) is 0 Å². The van der Waals surface area contributed by atoms with E-state index in [4.69, 9.17) is 15.0 Å². The molecule has 3 aromatic carbocycles. The average molecular weight is 466 g/mol. The maximum absolute atomic E-state index is 13.3. The van der Waals surface area contributed by atoms with Crippen LogP contribution in [-0.2, 0) is 11.2 Å². The first-order valence-corrected chi connectivity index (χ1v) is 10.8. The van der Waals surface area contributed by atoms with Crippen LogP contribution >= 0.6 is 15.9 Å². The molecule has 0 atom stereocenters. The van der Waals surface area contributed by atoms with Gasteiger partial charge in [0, 0.05) is 15.6 Å². The van der Waals surface area contributed by atoms with Crippen LogP contribution in [0.1, 0.15) is 5.56 Å². The number of hydrogen-bond acceptors (Lipinski definition) is 4. The van der Waals surface area contributed by atoms with Crippen molar-refractivity contribution in [1.82, 2.24) is 15.0 Å². The van der Waals surface area contributed by atoms with E-state index in [-0.39, 0.29) is 5.68 Å². The minimum atomic E-state index is -0.600. The molecule has 4 aromatic rings. The molecule has 4 nitrogen and oxygen atoms in total. The number of hydrogen-bond donors (Lipinski definition) is 0. The Kier molecular flexibility index (Phi) is 5.08. The van der Waals surface area contributed by atoms with Crippen molar-refractivity contribution in [3.8, 4) is 22.8 Å². The zero-order chi connectivity index (χ0) is 21.4. The van der Waals surface area contributed by atoms with Crippen molar-refractivity contribution in [1.29, 1.82) is 0 Å². The molecule has 0 N–H and O–H groups in total. The Morgan fingerprint density at radius 3 is 1.97 bits per heavy atom. The number of allylic oxidation sites excluding steroid dienone is 1. The third-order valence-corrected chi connectivity index (χ3v) is 5.90. The molecule has 0 fully saturated rings. The minimum absolute atomic E-state index is 0.0426. The molecule has 1 aliphatic rings. The van der Waals surface area contributed by atoms with Gasteiger partial charge in [0.1, 0.15) is 11.4 Å². The molecule has 0 unspecified atom stereocenters. The SMILES string of the molecule is C=C1Cc2cc(Br)ccc2B(c2nc(-c3ccccc3)nc(-c3ccccc3)n2)C1=O. The molecular formula is C25H17BBrN3O. The predicted octanol–water partition coefficient (Wildman–Crippen LogP) is 3.80. The third-order valence-electron chi connectivity index (χ3n) is 5.41. The Morgan fingerprint density at radius 1 is 0.806 bits per heavy atom. The Bertz CT molecular complexity index is 1250. The highest BCUT2D eigenvalue weighted by Crippen LogP contribution is 2.21. The lowest BCUT2D eigenvalue weighted by atomic mass is 9.37. The van der Waals surface area contributed by atoms with E-state index in [0.29, 0.717) is 29.4 Å². The van der Waals surface area contributed by atoms with E-state index < -0.39 is 6.71 Å². The Morgan fingerprint density at radius 2 is 1.39 bits per heavy atom. The van der Waals surface area contributed by atoms with Gasteiger partial charge >= 0.3 is 6.71 Å². The Balaban J connectivity index is 1.74. The van der Waals surface area contributed by atoms with Crippen LogP contribution in [0.2, 0.25) is 0 Å². The summed E-state index contributed by atoms with van der Waals surface area (Å²) in [4.78, 5) is 27.5. The van der Waals surface area contributed by atoms with E-state index in [0.717, 1.165) is 26.6 Å². The molecular weight excluding hydrogens is 449 g/mol. The lowest BCUT2D eigenvalue weighted by Gasteiger charge is -2.23. The maximum atomic E-state index is 13.3. The van der Waals surface area contributed by atoms with Crippen LogP contribution in [-0.4, -0.2) is 27.3 Å². The summed E-state index contributed by atoms with van der Waals surface area (Å²) < 4.78 is 0.970. The smallest absolute Gasteiger partial charge is 0.305 e. The molecule has 0 saturated heterocycles. The van der Waals surface area contributed by atoms with Gasteiger partial charge < -0.3 is 4.79 Å². The molecule has 5 rings (SSSR count). The highest BCUT2D eigenvalue weighted by molar-refractivity contribution is 9.10. The molecule has 0 saturated carbocycles. The van der Waals surface area contributed by atoms with Crippen LogP contribution in [0.3, 0.4) is 0 Å². The number of rotatable bonds is 3. The summed E-state index contributed by atoms with van der Waals surface area (Å²) >= 11 is 3.53. The second kappa shape index (κ2) is 8.04. The summed E-state index contributed by atoms with van der Waals surface area (Å²) in [5.41, 5.74) is 4.71. The van der Waals surface area contributed by atoms with Crippen LogP contribution in [0, 0.1) is 0 Å². The highest BCUT2D eigenvalue weighted by atomic mass is 79.9. The summed E-state index contributed by atoms with van der Waals surface area (Å²) in [6, 6.07) is 25.5. The summed E-state index contributed by atoms with van der Waals surface area (Å²) in [5.74, 6) is 1.10. The van der Waals surface area contributed by atoms with Crippen molar-refractivity contribution in [2.45, 2.75) is 6.42 Å². The average Bonchev–Trinajstić information content (AvgIpc) is 2.81. The summed E-state index contributed by atoms with van der Waals surface area (Å²) in [6.07, 6.45) is 0.534. The van der Waals surface area contributed by atoms with Crippen LogP contribution in [0.5, 0.6) is 0 Å². The standard InChI is InChI=1S/C25H17BBrN3O/c1-16-14-19-15-20(27)12-13-21(19)26(22(16)31)25-29-23(17-8-4-2-5-9-17)28-24(30-25)18-10-6-3-7-11-18/h2-13,15H,1,14H2. The second-order valence-electron chi connectivity index (χ2n) is 7.49. The van der Waals surface area contributed by atoms with E-state index in [1.54, 1.807) is 0 Å².